The lowest BCUT2D eigenvalue weighted by Crippen LogP contribution is -2.60. The third-order valence-corrected chi connectivity index (χ3v) is 5.64. The predicted molar refractivity (Wildman–Crippen MR) is 69.6 cm³/mol. The lowest BCUT2D eigenvalue weighted by Gasteiger charge is -2.52. The van der Waals surface area contributed by atoms with E-state index in [1.807, 2.05) is 13.8 Å². The third kappa shape index (κ3) is 1.56. The van der Waals surface area contributed by atoms with Crippen LogP contribution in [0.25, 0.3) is 0 Å². The molecular weight excluding hydrogens is 260 g/mol. The molecule has 0 aromatic heterocycles. The highest BCUT2D eigenvalue weighted by Crippen LogP contribution is 2.56. The molecule has 2 aliphatic carbocycles. The first-order valence-corrected chi connectivity index (χ1v) is 7.10. The highest BCUT2D eigenvalue weighted by molar-refractivity contribution is 5.96. The van der Waals surface area contributed by atoms with Crippen LogP contribution < -0.4 is 0 Å². The Morgan fingerprint density at radius 1 is 1.40 bits per heavy atom. The Balaban J connectivity index is 2.09. The normalized spacial score (nSPS) is 50.6. The van der Waals surface area contributed by atoms with Gasteiger partial charge in [0, 0.05) is 17.3 Å². The summed E-state index contributed by atoms with van der Waals surface area (Å²) in [5, 5.41) is 9.34. The number of ether oxygens (including phenoxy) is 1. The van der Waals surface area contributed by atoms with E-state index in [9.17, 15) is 14.8 Å². The number of carbonyl (C=O) groups is 2. The molecule has 0 amide bonds. The van der Waals surface area contributed by atoms with Crippen LogP contribution >= 0.6 is 0 Å². The van der Waals surface area contributed by atoms with Crippen molar-refractivity contribution < 1.29 is 24.5 Å². The minimum Gasteiger partial charge on any atom is -0.461 e. The summed E-state index contributed by atoms with van der Waals surface area (Å²) in [5.74, 6) is -0.620. The summed E-state index contributed by atoms with van der Waals surface area (Å²) in [7, 11) is 0. The Bertz CT molecular complexity index is 498. The van der Waals surface area contributed by atoms with Crippen LogP contribution in [0.3, 0.4) is 0 Å². The van der Waals surface area contributed by atoms with Gasteiger partial charge in [0.2, 0.25) is 0 Å². The van der Waals surface area contributed by atoms with Gasteiger partial charge >= 0.3 is 5.97 Å². The molecule has 6 atom stereocenters. The first kappa shape index (κ1) is 13.8. The second kappa shape index (κ2) is 4.15. The van der Waals surface area contributed by atoms with Crippen molar-refractivity contribution in [1.82, 2.24) is 0 Å². The molecule has 5 nitrogen and oxygen atoms in total. The summed E-state index contributed by atoms with van der Waals surface area (Å²) in [5.41, 5.74) is -1.66. The van der Waals surface area contributed by atoms with E-state index in [4.69, 9.17) is 9.62 Å². The van der Waals surface area contributed by atoms with E-state index in [1.54, 1.807) is 13.0 Å². The smallest absolute Gasteiger partial charge is 0.309 e. The third-order valence-electron chi connectivity index (χ3n) is 5.64. The van der Waals surface area contributed by atoms with Crippen molar-refractivity contribution in [2.75, 3.05) is 0 Å². The fourth-order valence-electron chi connectivity index (χ4n) is 4.36. The predicted octanol–water partition coefficient (Wildman–Crippen LogP) is 1.97. The van der Waals surface area contributed by atoms with Crippen molar-refractivity contribution in [1.29, 1.82) is 0 Å². The molecule has 0 spiro atoms. The Kier molecular flexibility index (Phi) is 2.86. The molecule has 3 rings (SSSR count). The summed E-state index contributed by atoms with van der Waals surface area (Å²) < 4.78 is 5.54. The van der Waals surface area contributed by atoms with E-state index < -0.39 is 11.0 Å². The quantitative estimate of drug-likeness (QED) is 0.451. The van der Waals surface area contributed by atoms with Crippen molar-refractivity contribution in [3.05, 3.63) is 12.2 Å². The van der Waals surface area contributed by atoms with Crippen LogP contribution in [0, 0.1) is 23.2 Å². The lowest BCUT2D eigenvalue weighted by atomic mass is 9.53. The van der Waals surface area contributed by atoms with Gasteiger partial charge in [-0.2, -0.15) is 0 Å². The van der Waals surface area contributed by atoms with Crippen LogP contribution in [-0.2, 0) is 19.2 Å². The van der Waals surface area contributed by atoms with Crippen LogP contribution in [0.15, 0.2) is 12.2 Å². The maximum Gasteiger partial charge on any atom is 0.309 e. The van der Waals surface area contributed by atoms with Gasteiger partial charge in [0.15, 0.2) is 5.78 Å². The zero-order valence-corrected chi connectivity index (χ0v) is 12.0. The fraction of sp³-hybridized carbons (Fsp3) is 0.733. The van der Waals surface area contributed by atoms with Gasteiger partial charge in [-0.1, -0.05) is 13.8 Å². The van der Waals surface area contributed by atoms with E-state index in [1.165, 1.54) is 6.08 Å². The van der Waals surface area contributed by atoms with Gasteiger partial charge in [-0.15, -0.1) is 0 Å². The van der Waals surface area contributed by atoms with E-state index in [2.05, 4.69) is 0 Å². The van der Waals surface area contributed by atoms with Gasteiger partial charge in [0.05, 0.1) is 5.92 Å². The van der Waals surface area contributed by atoms with Crippen molar-refractivity contribution in [3.63, 3.8) is 0 Å². The van der Waals surface area contributed by atoms with Gasteiger partial charge < -0.3 is 4.74 Å². The Morgan fingerprint density at radius 2 is 2.10 bits per heavy atom. The molecule has 3 aliphatic rings. The summed E-state index contributed by atoms with van der Waals surface area (Å²) in [4.78, 5) is 28.9. The molecule has 110 valence electrons. The van der Waals surface area contributed by atoms with Crippen LogP contribution in [0.5, 0.6) is 0 Å². The Labute approximate surface area is 117 Å². The van der Waals surface area contributed by atoms with Crippen LogP contribution in [0.2, 0.25) is 0 Å². The number of ketones is 1. The average Bonchev–Trinajstić information content (AvgIpc) is 2.70. The number of esters is 1. The SMILES string of the molecule is CC1C(=O)OC2C1CCC1(C)C(=O)C=CC(C)(OO)C21. The van der Waals surface area contributed by atoms with Gasteiger partial charge in [-0.25, -0.2) is 4.89 Å². The second-order valence-electron chi connectivity index (χ2n) is 6.76. The zero-order valence-electron chi connectivity index (χ0n) is 12.0. The molecule has 0 radical (unpaired) electrons. The zero-order chi connectivity index (χ0) is 14.7. The molecule has 1 saturated carbocycles. The molecule has 0 aromatic carbocycles. The molecule has 2 fully saturated rings. The number of allylic oxidation sites excluding steroid dienone is 1. The molecule has 20 heavy (non-hydrogen) atoms. The van der Waals surface area contributed by atoms with Crippen LogP contribution in [0.4, 0.5) is 0 Å². The van der Waals surface area contributed by atoms with E-state index >= 15 is 0 Å². The summed E-state index contributed by atoms with van der Waals surface area (Å²) >= 11 is 0. The largest absolute Gasteiger partial charge is 0.461 e. The van der Waals surface area contributed by atoms with Crippen LogP contribution in [-0.4, -0.2) is 28.7 Å². The number of fused-ring (bicyclic) bond motifs is 3. The minimum atomic E-state index is -1.00. The monoisotopic (exact) mass is 280 g/mol. The van der Waals surface area contributed by atoms with Gasteiger partial charge in [-0.05, 0) is 31.9 Å². The highest BCUT2D eigenvalue weighted by Gasteiger charge is 2.63. The van der Waals surface area contributed by atoms with Crippen molar-refractivity contribution >= 4 is 11.8 Å². The number of hydrogen-bond donors (Lipinski definition) is 1. The minimum absolute atomic E-state index is 0.0195. The lowest BCUT2D eigenvalue weighted by molar-refractivity contribution is -0.334. The van der Waals surface area contributed by atoms with Gasteiger partial charge in [0.1, 0.15) is 11.7 Å². The van der Waals surface area contributed by atoms with E-state index in [0.717, 1.165) is 6.42 Å². The van der Waals surface area contributed by atoms with Crippen molar-refractivity contribution in [3.8, 4) is 0 Å². The Morgan fingerprint density at radius 3 is 2.75 bits per heavy atom. The molecule has 6 unspecified atom stereocenters. The Hall–Kier alpha value is -1.20. The van der Waals surface area contributed by atoms with E-state index in [-0.39, 0.29) is 35.6 Å². The summed E-state index contributed by atoms with van der Waals surface area (Å²) in [6, 6.07) is 0. The average molecular weight is 280 g/mol. The van der Waals surface area contributed by atoms with E-state index in [0.29, 0.717) is 6.42 Å². The van der Waals surface area contributed by atoms with Gasteiger partial charge in [-0.3, -0.25) is 14.8 Å². The standard InChI is InChI=1S/C15H20O5/c1-8-9-4-6-14(2)10(16)5-7-15(3,20-18)12(14)11(9)19-13(8)17/h5,7-9,11-12,18H,4,6H2,1-3H3. The highest BCUT2D eigenvalue weighted by atomic mass is 17.1. The number of rotatable bonds is 1. The van der Waals surface area contributed by atoms with Crippen LogP contribution in [0.1, 0.15) is 33.6 Å². The molecular formula is C15H20O5. The van der Waals surface area contributed by atoms with Crippen molar-refractivity contribution in [2.45, 2.75) is 45.3 Å². The summed E-state index contributed by atoms with van der Waals surface area (Å²) in [6.07, 6.45) is 4.16. The molecule has 0 aromatic rings. The maximum absolute atomic E-state index is 12.3. The molecule has 0 bridgehead atoms. The van der Waals surface area contributed by atoms with Crippen molar-refractivity contribution in [2.24, 2.45) is 23.2 Å². The molecule has 1 saturated heterocycles. The number of carbonyl (C=O) groups excluding carboxylic acids is 2. The molecule has 1 aliphatic heterocycles. The molecule has 1 heterocycles. The number of hydrogen-bond acceptors (Lipinski definition) is 5. The first-order chi connectivity index (χ1) is 9.33. The molecule has 5 heteroatoms. The first-order valence-electron chi connectivity index (χ1n) is 7.10. The fourth-order valence-corrected chi connectivity index (χ4v) is 4.36. The molecule has 1 N–H and O–H groups in total. The van der Waals surface area contributed by atoms with Gasteiger partial charge in [0.25, 0.3) is 0 Å². The maximum atomic E-state index is 12.3. The second-order valence-corrected chi connectivity index (χ2v) is 6.76. The topological polar surface area (TPSA) is 72.8 Å². The summed E-state index contributed by atoms with van der Waals surface area (Å²) in [6.45, 7) is 5.49.